The monoisotopic (exact) mass is 286 g/mol. The minimum Gasteiger partial charge on any atom is -0.479 e. The molecule has 1 amide bonds. The number of aliphatic hydroxyl groups is 1. The highest BCUT2D eigenvalue weighted by molar-refractivity contribution is 5.94. The summed E-state index contributed by atoms with van der Waals surface area (Å²) in [6.07, 6.45) is 0. The summed E-state index contributed by atoms with van der Waals surface area (Å²) in [4.78, 5) is 31.7. The maximum atomic E-state index is 13.3. The first kappa shape index (κ1) is 15.5. The average molecular weight is 286 g/mol. The number of carboxylic acid groups (broad SMARTS) is 1. The van der Waals surface area contributed by atoms with Gasteiger partial charge in [-0.2, -0.15) is 4.39 Å². The number of hydrogen-bond donors (Lipinski definition) is 3. The van der Waals surface area contributed by atoms with Crippen LogP contribution in [0.1, 0.15) is 17.3 Å². The largest absolute Gasteiger partial charge is 0.479 e. The van der Waals surface area contributed by atoms with Gasteiger partial charge in [-0.3, -0.25) is 14.9 Å². The van der Waals surface area contributed by atoms with Gasteiger partial charge in [0.05, 0.1) is 11.5 Å². The molecule has 9 heteroatoms. The Labute approximate surface area is 112 Å². The van der Waals surface area contributed by atoms with E-state index in [1.54, 1.807) is 0 Å². The van der Waals surface area contributed by atoms with Gasteiger partial charge >= 0.3 is 11.7 Å². The van der Waals surface area contributed by atoms with Crippen LogP contribution >= 0.6 is 0 Å². The fourth-order valence-electron chi connectivity index (χ4n) is 1.23. The summed E-state index contributed by atoms with van der Waals surface area (Å²) in [5.41, 5.74) is -3.18. The molecule has 0 heterocycles. The number of rotatable bonds is 5. The van der Waals surface area contributed by atoms with Gasteiger partial charge in [0.1, 0.15) is 0 Å². The third kappa shape index (κ3) is 3.48. The third-order valence-corrected chi connectivity index (χ3v) is 2.46. The molecule has 0 aliphatic heterocycles. The molecule has 0 radical (unpaired) electrons. The maximum Gasteiger partial charge on any atom is 0.337 e. The quantitative estimate of drug-likeness (QED) is 0.527. The van der Waals surface area contributed by atoms with E-state index in [0.717, 1.165) is 19.1 Å². The number of carbonyl (C=O) groups is 2. The summed E-state index contributed by atoms with van der Waals surface area (Å²) >= 11 is 0. The topological polar surface area (TPSA) is 130 Å². The molecule has 0 saturated carbocycles. The number of nitro groups is 1. The van der Waals surface area contributed by atoms with Crippen LogP contribution in [-0.2, 0) is 4.79 Å². The molecule has 0 spiro atoms. The number of nitrogens with zero attached hydrogens (tertiary/aromatic N) is 1. The van der Waals surface area contributed by atoms with Crippen molar-refractivity contribution in [2.24, 2.45) is 0 Å². The lowest BCUT2D eigenvalue weighted by atomic mass is 10.1. The van der Waals surface area contributed by atoms with Crippen LogP contribution in [0, 0.1) is 15.9 Å². The van der Waals surface area contributed by atoms with E-state index in [1.165, 1.54) is 0 Å². The Hall–Kier alpha value is -2.55. The minimum absolute atomic E-state index is 0.228. The lowest BCUT2D eigenvalue weighted by Crippen LogP contribution is -2.46. The Morgan fingerprint density at radius 3 is 2.55 bits per heavy atom. The van der Waals surface area contributed by atoms with E-state index >= 15 is 0 Å². The van der Waals surface area contributed by atoms with Gasteiger partial charge in [-0.1, -0.05) is 0 Å². The Kier molecular flexibility index (Phi) is 4.35. The highest BCUT2D eigenvalue weighted by atomic mass is 19.1. The van der Waals surface area contributed by atoms with Gasteiger partial charge in [-0.25, -0.2) is 4.79 Å². The predicted molar refractivity (Wildman–Crippen MR) is 63.6 cm³/mol. The number of nitro benzene ring substituents is 1. The Morgan fingerprint density at radius 1 is 1.50 bits per heavy atom. The number of nitrogens with one attached hydrogen (secondary N) is 1. The van der Waals surface area contributed by atoms with Crippen molar-refractivity contribution >= 4 is 17.6 Å². The van der Waals surface area contributed by atoms with Crippen molar-refractivity contribution in [3.8, 4) is 0 Å². The first-order valence-electron chi connectivity index (χ1n) is 5.33. The van der Waals surface area contributed by atoms with Crippen LogP contribution in [0.3, 0.4) is 0 Å². The number of carbonyl (C=O) groups excluding carboxylic acids is 1. The van der Waals surface area contributed by atoms with Gasteiger partial charge in [0.15, 0.2) is 5.60 Å². The molecule has 0 bridgehead atoms. The zero-order valence-corrected chi connectivity index (χ0v) is 10.3. The van der Waals surface area contributed by atoms with E-state index < -0.39 is 40.5 Å². The minimum atomic E-state index is -2.17. The van der Waals surface area contributed by atoms with Crippen molar-refractivity contribution in [2.45, 2.75) is 12.5 Å². The lowest BCUT2D eigenvalue weighted by molar-refractivity contribution is -0.387. The van der Waals surface area contributed by atoms with Crippen molar-refractivity contribution in [2.75, 3.05) is 6.54 Å². The van der Waals surface area contributed by atoms with Gasteiger partial charge in [0.25, 0.3) is 5.91 Å². The second-order valence-corrected chi connectivity index (χ2v) is 4.18. The van der Waals surface area contributed by atoms with E-state index in [4.69, 9.17) is 5.11 Å². The highest BCUT2D eigenvalue weighted by Gasteiger charge is 2.30. The fourth-order valence-corrected chi connectivity index (χ4v) is 1.23. The molecule has 108 valence electrons. The number of benzene rings is 1. The first-order valence-corrected chi connectivity index (χ1v) is 5.33. The van der Waals surface area contributed by atoms with Gasteiger partial charge in [-0.15, -0.1) is 0 Å². The molecule has 20 heavy (non-hydrogen) atoms. The standard InChI is InChI=1S/C11H11FN2O6/c1-11(18,10(16)17)5-13-9(15)6-2-3-8(14(19)20)7(12)4-6/h2-4,18H,5H2,1H3,(H,13,15)(H,16,17). The summed E-state index contributed by atoms with van der Waals surface area (Å²) in [7, 11) is 0. The Morgan fingerprint density at radius 2 is 2.10 bits per heavy atom. The molecule has 1 unspecified atom stereocenters. The van der Waals surface area contributed by atoms with Crippen LogP contribution in [0.5, 0.6) is 0 Å². The van der Waals surface area contributed by atoms with Crippen molar-refractivity contribution in [1.29, 1.82) is 0 Å². The van der Waals surface area contributed by atoms with Crippen LogP contribution in [0.4, 0.5) is 10.1 Å². The van der Waals surface area contributed by atoms with Crippen molar-refractivity contribution in [1.82, 2.24) is 5.32 Å². The van der Waals surface area contributed by atoms with Crippen LogP contribution in [0.2, 0.25) is 0 Å². The zero-order chi connectivity index (χ0) is 15.5. The molecular formula is C11H11FN2O6. The van der Waals surface area contributed by atoms with Crippen LogP contribution < -0.4 is 5.32 Å². The normalized spacial score (nSPS) is 13.3. The highest BCUT2D eigenvalue weighted by Crippen LogP contribution is 2.18. The molecule has 0 aromatic heterocycles. The molecule has 1 aromatic rings. The van der Waals surface area contributed by atoms with Gasteiger partial charge < -0.3 is 15.5 Å². The van der Waals surface area contributed by atoms with E-state index in [2.05, 4.69) is 5.32 Å². The summed E-state index contributed by atoms with van der Waals surface area (Å²) in [6, 6.07) is 2.49. The SMILES string of the molecule is CC(O)(CNC(=O)c1ccc([N+](=O)[O-])c(F)c1)C(=O)O. The van der Waals surface area contributed by atoms with E-state index in [9.17, 15) is 29.2 Å². The van der Waals surface area contributed by atoms with Crippen molar-refractivity contribution < 1.29 is 29.1 Å². The van der Waals surface area contributed by atoms with Gasteiger partial charge in [0, 0.05) is 11.6 Å². The molecule has 3 N–H and O–H groups in total. The molecule has 1 rings (SSSR count). The summed E-state index contributed by atoms with van der Waals surface area (Å²) in [6.45, 7) is 0.381. The molecule has 0 aliphatic carbocycles. The summed E-state index contributed by atoms with van der Waals surface area (Å²) < 4.78 is 13.3. The predicted octanol–water partition coefficient (Wildman–Crippen LogP) is 0.299. The van der Waals surface area contributed by atoms with E-state index in [0.29, 0.717) is 6.07 Å². The summed E-state index contributed by atoms with van der Waals surface area (Å²) in [5.74, 6) is -3.58. The number of amides is 1. The average Bonchev–Trinajstić information content (AvgIpc) is 2.35. The molecule has 8 nitrogen and oxygen atoms in total. The number of carboxylic acids is 1. The summed E-state index contributed by atoms with van der Waals surface area (Å²) in [5, 5.41) is 30.5. The maximum absolute atomic E-state index is 13.3. The molecular weight excluding hydrogens is 275 g/mol. The first-order chi connectivity index (χ1) is 9.15. The molecule has 1 aromatic carbocycles. The Balaban J connectivity index is 2.82. The zero-order valence-electron chi connectivity index (χ0n) is 10.3. The smallest absolute Gasteiger partial charge is 0.337 e. The fraction of sp³-hybridized carbons (Fsp3) is 0.273. The molecule has 1 atom stereocenters. The Bertz CT molecular complexity index is 572. The second kappa shape index (κ2) is 5.61. The number of hydrogen-bond acceptors (Lipinski definition) is 5. The molecule has 0 saturated heterocycles. The third-order valence-electron chi connectivity index (χ3n) is 2.46. The van der Waals surface area contributed by atoms with E-state index in [-0.39, 0.29) is 5.56 Å². The lowest BCUT2D eigenvalue weighted by Gasteiger charge is -2.18. The number of aliphatic carboxylic acids is 1. The molecule has 0 fully saturated rings. The van der Waals surface area contributed by atoms with Crippen molar-refractivity contribution in [3.05, 3.63) is 39.7 Å². The van der Waals surface area contributed by atoms with Gasteiger partial charge in [0.2, 0.25) is 5.82 Å². The van der Waals surface area contributed by atoms with Crippen LogP contribution in [0.15, 0.2) is 18.2 Å². The van der Waals surface area contributed by atoms with Gasteiger partial charge in [-0.05, 0) is 19.1 Å². The van der Waals surface area contributed by atoms with Crippen molar-refractivity contribution in [3.63, 3.8) is 0 Å². The van der Waals surface area contributed by atoms with Crippen LogP contribution in [0.25, 0.3) is 0 Å². The van der Waals surface area contributed by atoms with Crippen LogP contribution in [-0.4, -0.2) is 39.2 Å². The number of halogens is 1. The van der Waals surface area contributed by atoms with E-state index in [1.807, 2.05) is 0 Å². The molecule has 0 aliphatic rings. The second-order valence-electron chi connectivity index (χ2n) is 4.18.